The zero-order valence-corrected chi connectivity index (χ0v) is 19.2. The molecule has 1 heterocycles. The van der Waals surface area contributed by atoms with Crippen molar-refractivity contribution in [3.05, 3.63) is 78.5 Å². The quantitative estimate of drug-likeness (QED) is 0.258. The van der Waals surface area contributed by atoms with Crippen LogP contribution in [0.25, 0.3) is 10.8 Å². The van der Waals surface area contributed by atoms with Gasteiger partial charge < -0.3 is 20.3 Å². The van der Waals surface area contributed by atoms with Crippen LogP contribution >= 0.6 is 7.37 Å². The number of pyridine rings is 1. The molecule has 0 saturated heterocycles. The van der Waals surface area contributed by atoms with Crippen molar-refractivity contribution >= 4 is 40.6 Å². The Labute approximate surface area is 187 Å². The number of hydrogen-bond donors (Lipinski definition) is 2. The van der Waals surface area contributed by atoms with Crippen LogP contribution in [0.2, 0.25) is 0 Å². The number of hydrogen-bond acceptors (Lipinski definition) is 6. The number of fused-ring (bicyclic) bond motifs is 1. The predicted molar refractivity (Wildman–Crippen MR) is 132 cm³/mol. The lowest BCUT2D eigenvalue weighted by Crippen LogP contribution is -2.11. The van der Waals surface area contributed by atoms with Gasteiger partial charge in [0.1, 0.15) is 17.3 Å². The monoisotopic (exact) mass is 447 g/mol. The number of benzene rings is 3. The van der Waals surface area contributed by atoms with Gasteiger partial charge in [-0.1, -0.05) is 24.3 Å². The highest BCUT2D eigenvalue weighted by Gasteiger charge is 2.21. The van der Waals surface area contributed by atoms with Gasteiger partial charge in [0.15, 0.2) is 0 Å². The predicted octanol–water partition coefficient (Wildman–Crippen LogP) is 6.23. The number of ether oxygens (including phenoxy) is 1. The fraction of sp³-hybridized carbons (Fsp3) is 0.160. The third-order valence-electron chi connectivity index (χ3n) is 5.16. The van der Waals surface area contributed by atoms with Crippen molar-refractivity contribution in [1.82, 2.24) is 4.98 Å². The molecule has 6 nitrogen and oxygen atoms in total. The third kappa shape index (κ3) is 4.62. The minimum absolute atomic E-state index is 0.410. The van der Waals surface area contributed by atoms with Crippen LogP contribution in [0.1, 0.15) is 12.5 Å². The number of anilines is 3. The SMILES string of the molecule is CCOP(C)(=O)c1ccc(Nc2cc(Oc3ccc(N)c4ccccc34)ccn2)cc1C. The Morgan fingerprint density at radius 1 is 1.03 bits per heavy atom. The summed E-state index contributed by atoms with van der Waals surface area (Å²) in [5.74, 6) is 2.01. The molecule has 0 spiro atoms. The van der Waals surface area contributed by atoms with Gasteiger partial charge in [-0.15, -0.1) is 0 Å². The number of nitrogens with one attached hydrogen (secondary N) is 1. The Hall–Kier alpha value is -3.34. The van der Waals surface area contributed by atoms with Crippen molar-refractivity contribution in [3.63, 3.8) is 0 Å². The number of aryl methyl sites for hydroxylation is 1. The van der Waals surface area contributed by atoms with Crippen molar-refractivity contribution in [2.75, 3.05) is 24.3 Å². The number of aromatic nitrogens is 1. The summed E-state index contributed by atoms with van der Waals surface area (Å²) in [6.45, 7) is 5.83. The van der Waals surface area contributed by atoms with Crippen LogP contribution in [-0.4, -0.2) is 18.3 Å². The average Bonchev–Trinajstić information content (AvgIpc) is 2.76. The summed E-state index contributed by atoms with van der Waals surface area (Å²) in [6.07, 6.45) is 1.69. The molecule has 32 heavy (non-hydrogen) atoms. The van der Waals surface area contributed by atoms with Crippen LogP contribution in [0.3, 0.4) is 0 Å². The summed E-state index contributed by atoms with van der Waals surface area (Å²) in [6, 6.07) is 20.9. The first-order chi connectivity index (χ1) is 15.4. The molecule has 1 aromatic heterocycles. The van der Waals surface area contributed by atoms with E-state index in [4.69, 9.17) is 15.0 Å². The van der Waals surface area contributed by atoms with Crippen molar-refractivity contribution in [1.29, 1.82) is 0 Å². The number of nitrogen functional groups attached to an aromatic ring is 1. The van der Waals surface area contributed by atoms with Crippen LogP contribution in [0.4, 0.5) is 17.2 Å². The van der Waals surface area contributed by atoms with E-state index in [0.717, 1.165) is 33.1 Å². The number of nitrogens with two attached hydrogens (primary N) is 1. The Bertz CT molecular complexity index is 1320. The first-order valence-corrected chi connectivity index (χ1v) is 12.5. The van der Waals surface area contributed by atoms with Crippen LogP contribution in [-0.2, 0) is 9.09 Å². The highest BCUT2D eigenvalue weighted by Crippen LogP contribution is 2.42. The topological polar surface area (TPSA) is 86.5 Å². The van der Waals surface area contributed by atoms with Gasteiger partial charge >= 0.3 is 0 Å². The van der Waals surface area contributed by atoms with Gasteiger partial charge in [0.25, 0.3) is 0 Å². The summed E-state index contributed by atoms with van der Waals surface area (Å²) in [5.41, 5.74) is 8.54. The van der Waals surface area contributed by atoms with Gasteiger partial charge in [0.2, 0.25) is 7.37 Å². The molecule has 3 N–H and O–H groups in total. The normalized spacial score (nSPS) is 13.0. The Balaban J connectivity index is 1.56. The summed E-state index contributed by atoms with van der Waals surface area (Å²) in [4.78, 5) is 4.39. The molecule has 0 aliphatic heterocycles. The minimum Gasteiger partial charge on any atom is -0.457 e. The van der Waals surface area contributed by atoms with E-state index in [-0.39, 0.29) is 0 Å². The van der Waals surface area contributed by atoms with Gasteiger partial charge in [-0.25, -0.2) is 4.98 Å². The molecule has 0 saturated carbocycles. The lowest BCUT2D eigenvalue weighted by Gasteiger charge is -2.16. The molecular weight excluding hydrogens is 421 g/mol. The molecule has 7 heteroatoms. The maximum Gasteiger partial charge on any atom is 0.229 e. The molecule has 3 aromatic carbocycles. The van der Waals surface area contributed by atoms with Gasteiger partial charge in [0.05, 0.1) is 6.61 Å². The van der Waals surface area contributed by atoms with Gasteiger partial charge in [-0.05, 0) is 55.8 Å². The summed E-state index contributed by atoms with van der Waals surface area (Å²) in [7, 11) is -2.83. The van der Waals surface area contributed by atoms with Crippen LogP contribution < -0.4 is 21.1 Å². The van der Waals surface area contributed by atoms with E-state index in [9.17, 15) is 4.57 Å². The van der Waals surface area contributed by atoms with E-state index < -0.39 is 7.37 Å². The molecule has 164 valence electrons. The largest absolute Gasteiger partial charge is 0.457 e. The minimum atomic E-state index is -2.83. The van der Waals surface area contributed by atoms with Gasteiger partial charge in [-0.3, -0.25) is 4.57 Å². The zero-order valence-electron chi connectivity index (χ0n) is 18.3. The maximum absolute atomic E-state index is 12.8. The third-order valence-corrected chi connectivity index (χ3v) is 7.29. The van der Waals surface area contributed by atoms with E-state index in [0.29, 0.717) is 23.9 Å². The molecular formula is C25H26N3O3P. The molecule has 0 aliphatic rings. The number of rotatable bonds is 7. The lowest BCUT2D eigenvalue weighted by atomic mass is 10.1. The van der Waals surface area contributed by atoms with E-state index >= 15 is 0 Å². The molecule has 1 atom stereocenters. The molecule has 0 radical (unpaired) electrons. The van der Waals surface area contributed by atoms with E-state index in [1.54, 1.807) is 18.9 Å². The summed E-state index contributed by atoms with van der Waals surface area (Å²) in [5, 5.41) is 5.91. The second-order valence-electron chi connectivity index (χ2n) is 7.57. The van der Waals surface area contributed by atoms with Crippen LogP contribution in [0, 0.1) is 6.92 Å². The Kier molecular flexibility index (Phi) is 6.17. The van der Waals surface area contributed by atoms with Crippen molar-refractivity contribution < 1.29 is 13.8 Å². The Morgan fingerprint density at radius 3 is 2.56 bits per heavy atom. The van der Waals surface area contributed by atoms with Crippen LogP contribution in [0.15, 0.2) is 72.9 Å². The second-order valence-corrected chi connectivity index (χ2v) is 10.00. The van der Waals surface area contributed by atoms with Gasteiger partial charge in [-0.2, -0.15) is 0 Å². The second kappa shape index (κ2) is 9.03. The van der Waals surface area contributed by atoms with E-state index in [2.05, 4.69) is 10.3 Å². The molecule has 0 fully saturated rings. The summed E-state index contributed by atoms with van der Waals surface area (Å²) >= 11 is 0. The fourth-order valence-corrected chi connectivity index (χ4v) is 5.39. The molecule has 0 aliphatic carbocycles. The van der Waals surface area contributed by atoms with E-state index in [1.165, 1.54) is 0 Å². The average molecular weight is 447 g/mol. The van der Waals surface area contributed by atoms with Crippen molar-refractivity contribution in [2.24, 2.45) is 0 Å². The first kappa shape index (κ1) is 21.9. The highest BCUT2D eigenvalue weighted by molar-refractivity contribution is 7.66. The molecule has 0 amide bonds. The smallest absolute Gasteiger partial charge is 0.229 e. The highest BCUT2D eigenvalue weighted by atomic mass is 31.2. The lowest BCUT2D eigenvalue weighted by molar-refractivity contribution is 0.344. The van der Waals surface area contributed by atoms with Crippen molar-refractivity contribution in [2.45, 2.75) is 13.8 Å². The summed E-state index contributed by atoms with van der Waals surface area (Å²) < 4.78 is 24.4. The fourth-order valence-electron chi connectivity index (χ4n) is 3.71. The zero-order chi connectivity index (χ0) is 22.7. The van der Waals surface area contributed by atoms with Crippen molar-refractivity contribution in [3.8, 4) is 11.5 Å². The van der Waals surface area contributed by atoms with Crippen LogP contribution in [0.5, 0.6) is 11.5 Å². The maximum atomic E-state index is 12.8. The molecule has 0 bridgehead atoms. The molecule has 4 aromatic rings. The Morgan fingerprint density at radius 2 is 1.81 bits per heavy atom. The molecule has 4 rings (SSSR count). The first-order valence-electron chi connectivity index (χ1n) is 10.4. The van der Waals surface area contributed by atoms with Gasteiger partial charge in [0, 0.05) is 46.4 Å². The standard InChI is InChI=1S/C25H26N3O3P/c1-4-30-32(3,29)24-12-9-18(15-17(24)2)28-25-16-19(13-14-27-25)31-23-11-10-22(26)20-7-5-6-8-21(20)23/h5-16H,4,26H2,1-3H3,(H,27,28). The number of nitrogens with zero attached hydrogens (tertiary/aromatic N) is 1. The van der Waals surface area contributed by atoms with E-state index in [1.807, 2.05) is 74.5 Å². The molecule has 1 unspecified atom stereocenters.